The van der Waals surface area contributed by atoms with Crippen LogP contribution in [0.15, 0.2) is 48.5 Å². The maximum atomic E-state index is 12.5. The lowest BCUT2D eigenvalue weighted by atomic mass is 9.97. The molecule has 0 spiro atoms. The highest BCUT2D eigenvalue weighted by molar-refractivity contribution is 6.07. The van der Waals surface area contributed by atoms with Gasteiger partial charge in [-0.2, -0.15) is 0 Å². The highest BCUT2D eigenvalue weighted by atomic mass is 16.5. The molecule has 0 amide bonds. The number of benzene rings is 2. The van der Waals surface area contributed by atoms with Gasteiger partial charge in [-0.3, -0.25) is 4.79 Å². The van der Waals surface area contributed by atoms with E-state index >= 15 is 0 Å². The Balaban J connectivity index is 1.71. The Morgan fingerprint density at radius 1 is 1.08 bits per heavy atom. The number of ether oxygens (including phenoxy) is 3. The van der Waals surface area contributed by atoms with Crippen molar-refractivity contribution in [2.24, 2.45) is 5.41 Å². The summed E-state index contributed by atoms with van der Waals surface area (Å²) in [6.45, 7) is 7.90. The molecule has 0 saturated heterocycles. The molecule has 4 nitrogen and oxygen atoms in total. The molecule has 3 rings (SSSR count). The Morgan fingerprint density at radius 3 is 2.46 bits per heavy atom. The van der Waals surface area contributed by atoms with Crippen LogP contribution in [0.4, 0.5) is 0 Å². The third-order valence-electron chi connectivity index (χ3n) is 4.08. The van der Waals surface area contributed by atoms with E-state index < -0.39 is 0 Å². The molecule has 0 radical (unpaired) electrons. The summed E-state index contributed by atoms with van der Waals surface area (Å²) in [6.07, 6.45) is 3.36. The van der Waals surface area contributed by atoms with Crippen molar-refractivity contribution >= 4 is 11.9 Å². The molecule has 0 fully saturated rings. The first-order valence-electron chi connectivity index (χ1n) is 8.82. The Hall–Kier alpha value is -2.75. The lowest BCUT2D eigenvalue weighted by Crippen LogP contribution is -2.26. The number of carbonyl (C=O) groups is 1. The predicted octanol–water partition coefficient (Wildman–Crippen LogP) is 4.78. The van der Waals surface area contributed by atoms with Gasteiger partial charge in [0.2, 0.25) is 0 Å². The number of allylic oxidation sites excluding steroid dienone is 1. The van der Waals surface area contributed by atoms with Crippen LogP contribution in [0.25, 0.3) is 6.08 Å². The van der Waals surface area contributed by atoms with Crippen molar-refractivity contribution in [1.82, 2.24) is 0 Å². The molecule has 0 N–H and O–H groups in total. The molecule has 0 aromatic heterocycles. The number of hydrogen-bond acceptors (Lipinski definition) is 4. The second-order valence-corrected chi connectivity index (χ2v) is 7.10. The first-order valence-corrected chi connectivity index (χ1v) is 8.82. The Kier molecular flexibility index (Phi) is 5.31. The smallest absolute Gasteiger partial charge is 0.185 e. The SMILES string of the molecule is CCOc1ccc(/C=C/C(=O)c2ccc3c(c2)OCC(C)(C)CO3)cc1. The van der Waals surface area contributed by atoms with Crippen molar-refractivity contribution in [2.45, 2.75) is 20.8 Å². The minimum Gasteiger partial charge on any atom is -0.494 e. The number of fused-ring (bicyclic) bond motifs is 1. The third-order valence-corrected chi connectivity index (χ3v) is 4.08. The van der Waals surface area contributed by atoms with Crippen molar-refractivity contribution in [1.29, 1.82) is 0 Å². The second kappa shape index (κ2) is 7.65. The quantitative estimate of drug-likeness (QED) is 0.574. The van der Waals surface area contributed by atoms with Crippen LogP contribution >= 0.6 is 0 Å². The van der Waals surface area contributed by atoms with E-state index in [0.717, 1.165) is 11.3 Å². The van der Waals surface area contributed by atoms with Gasteiger partial charge in [-0.05, 0) is 48.9 Å². The summed E-state index contributed by atoms with van der Waals surface area (Å²) in [6, 6.07) is 12.9. The van der Waals surface area contributed by atoms with Crippen molar-refractivity contribution in [3.63, 3.8) is 0 Å². The Bertz CT molecular complexity index is 803. The summed E-state index contributed by atoms with van der Waals surface area (Å²) < 4.78 is 17.0. The number of ketones is 1. The van der Waals surface area contributed by atoms with Gasteiger partial charge in [0.05, 0.1) is 19.8 Å². The van der Waals surface area contributed by atoms with Crippen LogP contribution in [0.1, 0.15) is 36.7 Å². The van der Waals surface area contributed by atoms with Crippen molar-refractivity contribution in [3.8, 4) is 17.2 Å². The molecule has 0 atom stereocenters. The molecule has 26 heavy (non-hydrogen) atoms. The van der Waals surface area contributed by atoms with Gasteiger partial charge in [-0.1, -0.05) is 32.1 Å². The van der Waals surface area contributed by atoms with Crippen LogP contribution in [-0.4, -0.2) is 25.6 Å². The van der Waals surface area contributed by atoms with Crippen LogP contribution in [0.3, 0.4) is 0 Å². The molecular weight excluding hydrogens is 328 g/mol. The first-order chi connectivity index (χ1) is 12.5. The number of rotatable bonds is 5. The molecule has 2 aromatic rings. The Morgan fingerprint density at radius 2 is 1.77 bits per heavy atom. The lowest BCUT2D eigenvalue weighted by Gasteiger charge is -2.19. The standard InChI is InChI=1S/C22H24O4/c1-4-24-18-9-5-16(6-10-18)7-11-19(23)17-8-12-20-21(13-17)26-15-22(2,3)14-25-20/h5-13H,4,14-15H2,1-3H3/b11-7+. The number of hydrogen-bond donors (Lipinski definition) is 0. The summed E-state index contributed by atoms with van der Waals surface area (Å²) in [7, 11) is 0. The van der Waals surface area contributed by atoms with Crippen LogP contribution < -0.4 is 14.2 Å². The van der Waals surface area contributed by atoms with E-state index in [0.29, 0.717) is 36.9 Å². The lowest BCUT2D eigenvalue weighted by molar-refractivity contribution is 0.104. The van der Waals surface area contributed by atoms with E-state index in [-0.39, 0.29) is 11.2 Å². The van der Waals surface area contributed by atoms with Crippen LogP contribution in [0, 0.1) is 5.41 Å². The summed E-state index contributed by atoms with van der Waals surface area (Å²) >= 11 is 0. The van der Waals surface area contributed by atoms with Gasteiger partial charge in [-0.15, -0.1) is 0 Å². The fourth-order valence-corrected chi connectivity index (χ4v) is 2.59. The fraction of sp³-hybridized carbons (Fsp3) is 0.318. The van der Waals surface area contributed by atoms with Gasteiger partial charge < -0.3 is 14.2 Å². The average molecular weight is 352 g/mol. The van der Waals surface area contributed by atoms with E-state index in [1.165, 1.54) is 0 Å². The molecule has 1 aliphatic heterocycles. The monoisotopic (exact) mass is 352 g/mol. The minimum absolute atomic E-state index is 0.0588. The van der Waals surface area contributed by atoms with Gasteiger partial charge in [0, 0.05) is 11.0 Å². The van der Waals surface area contributed by atoms with Crippen molar-refractivity contribution in [3.05, 3.63) is 59.7 Å². The minimum atomic E-state index is -0.0752. The van der Waals surface area contributed by atoms with Gasteiger partial charge in [0.1, 0.15) is 5.75 Å². The van der Waals surface area contributed by atoms with Crippen LogP contribution in [0.2, 0.25) is 0 Å². The number of carbonyl (C=O) groups excluding carboxylic acids is 1. The average Bonchev–Trinajstić information content (AvgIpc) is 2.79. The van der Waals surface area contributed by atoms with E-state index in [1.54, 1.807) is 30.4 Å². The van der Waals surface area contributed by atoms with Gasteiger partial charge in [-0.25, -0.2) is 0 Å². The summed E-state index contributed by atoms with van der Waals surface area (Å²) in [4.78, 5) is 12.5. The summed E-state index contributed by atoms with van der Waals surface area (Å²) in [5.74, 6) is 2.05. The molecule has 0 saturated carbocycles. The van der Waals surface area contributed by atoms with E-state index in [2.05, 4.69) is 13.8 Å². The molecule has 136 valence electrons. The van der Waals surface area contributed by atoms with Crippen molar-refractivity contribution < 1.29 is 19.0 Å². The third kappa shape index (κ3) is 4.45. The summed E-state index contributed by atoms with van der Waals surface area (Å²) in [5.41, 5.74) is 1.46. The van der Waals surface area contributed by atoms with Gasteiger partial charge in [0.25, 0.3) is 0 Å². The van der Waals surface area contributed by atoms with E-state index in [9.17, 15) is 4.79 Å². The van der Waals surface area contributed by atoms with Crippen LogP contribution in [-0.2, 0) is 0 Å². The second-order valence-electron chi connectivity index (χ2n) is 7.10. The molecular formula is C22H24O4. The highest BCUT2D eigenvalue weighted by Crippen LogP contribution is 2.34. The van der Waals surface area contributed by atoms with E-state index in [1.807, 2.05) is 31.2 Å². The zero-order valence-corrected chi connectivity index (χ0v) is 15.5. The van der Waals surface area contributed by atoms with Gasteiger partial charge >= 0.3 is 0 Å². The molecule has 1 aliphatic rings. The molecule has 0 aliphatic carbocycles. The zero-order chi connectivity index (χ0) is 18.6. The normalized spacial score (nSPS) is 15.5. The first kappa shape index (κ1) is 18.1. The molecule has 0 bridgehead atoms. The Labute approximate surface area is 154 Å². The topological polar surface area (TPSA) is 44.8 Å². The van der Waals surface area contributed by atoms with Crippen molar-refractivity contribution in [2.75, 3.05) is 19.8 Å². The molecule has 2 aromatic carbocycles. The summed E-state index contributed by atoms with van der Waals surface area (Å²) in [5, 5.41) is 0. The zero-order valence-electron chi connectivity index (χ0n) is 15.5. The fourth-order valence-electron chi connectivity index (χ4n) is 2.59. The molecule has 1 heterocycles. The predicted molar refractivity (Wildman–Crippen MR) is 102 cm³/mol. The van der Waals surface area contributed by atoms with Crippen LogP contribution in [0.5, 0.6) is 17.2 Å². The largest absolute Gasteiger partial charge is 0.494 e. The molecule has 4 heteroatoms. The maximum Gasteiger partial charge on any atom is 0.185 e. The maximum absolute atomic E-state index is 12.5. The molecule has 0 unspecified atom stereocenters. The van der Waals surface area contributed by atoms with Gasteiger partial charge in [0.15, 0.2) is 17.3 Å². The highest BCUT2D eigenvalue weighted by Gasteiger charge is 2.25. The van der Waals surface area contributed by atoms with E-state index in [4.69, 9.17) is 14.2 Å².